The molecule has 8 heteroatoms. The molecule has 118 valence electrons. The number of nitrogens with zero attached hydrogens (tertiary/aromatic N) is 3. The fourth-order valence-electron chi connectivity index (χ4n) is 2.22. The Hall–Kier alpha value is -2.15. The second kappa shape index (κ2) is 7.22. The van der Waals surface area contributed by atoms with Gasteiger partial charge in [-0.1, -0.05) is 11.6 Å². The molecule has 2 aromatic rings. The van der Waals surface area contributed by atoms with Crippen LogP contribution < -0.4 is 11.0 Å². The SMILES string of the molecule is Cc1nc(=O)[nH]c(C)c1CCC(=O)NCCn1cc(Cl)cn1. The van der Waals surface area contributed by atoms with Crippen molar-refractivity contribution in [3.63, 3.8) is 0 Å². The van der Waals surface area contributed by atoms with Crippen LogP contribution >= 0.6 is 11.6 Å². The van der Waals surface area contributed by atoms with Gasteiger partial charge in [-0.15, -0.1) is 0 Å². The summed E-state index contributed by atoms with van der Waals surface area (Å²) in [6.07, 6.45) is 4.14. The molecular weight excluding hydrogens is 306 g/mol. The molecule has 0 saturated heterocycles. The fourth-order valence-corrected chi connectivity index (χ4v) is 2.38. The zero-order chi connectivity index (χ0) is 16.1. The van der Waals surface area contributed by atoms with Crippen LogP contribution in [0, 0.1) is 13.8 Å². The average molecular weight is 324 g/mol. The van der Waals surface area contributed by atoms with Crippen molar-refractivity contribution in [2.24, 2.45) is 0 Å². The first-order chi connectivity index (χ1) is 10.5. The second-order valence-corrected chi connectivity index (χ2v) is 5.44. The topological polar surface area (TPSA) is 92.7 Å². The minimum atomic E-state index is -0.360. The summed E-state index contributed by atoms with van der Waals surface area (Å²) in [4.78, 5) is 29.6. The quantitative estimate of drug-likeness (QED) is 0.829. The number of rotatable bonds is 6. The van der Waals surface area contributed by atoms with E-state index in [-0.39, 0.29) is 11.6 Å². The van der Waals surface area contributed by atoms with Crippen molar-refractivity contribution in [3.05, 3.63) is 44.9 Å². The molecule has 0 aliphatic heterocycles. The highest BCUT2D eigenvalue weighted by Crippen LogP contribution is 2.09. The smallest absolute Gasteiger partial charge is 0.345 e. The molecule has 2 rings (SSSR count). The molecule has 0 saturated carbocycles. The number of aryl methyl sites for hydroxylation is 2. The summed E-state index contributed by atoms with van der Waals surface area (Å²) < 4.78 is 1.67. The molecule has 0 aliphatic carbocycles. The third-order valence-corrected chi connectivity index (χ3v) is 3.52. The van der Waals surface area contributed by atoms with Gasteiger partial charge in [0.2, 0.25) is 5.91 Å². The third kappa shape index (κ3) is 4.42. The van der Waals surface area contributed by atoms with Crippen LogP contribution in [-0.2, 0) is 17.8 Å². The zero-order valence-electron chi connectivity index (χ0n) is 12.5. The molecule has 0 radical (unpaired) electrons. The third-order valence-electron chi connectivity index (χ3n) is 3.32. The van der Waals surface area contributed by atoms with Crippen molar-refractivity contribution < 1.29 is 4.79 Å². The number of H-pyrrole nitrogens is 1. The summed E-state index contributed by atoms with van der Waals surface area (Å²) >= 11 is 5.76. The highest BCUT2D eigenvalue weighted by atomic mass is 35.5. The molecule has 2 aromatic heterocycles. The van der Waals surface area contributed by atoms with Gasteiger partial charge in [-0.2, -0.15) is 10.1 Å². The Balaban J connectivity index is 1.79. The van der Waals surface area contributed by atoms with Gasteiger partial charge in [0.15, 0.2) is 0 Å². The Kier molecular flexibility index (Phi) is 5.32. The van der Waals surface area contributed by atoms with E-state index in [0.717, 1.165) is 11.3 Å². The number of halogens is 1. The fraction of sp³-hybridized carbons (Fsp3) is 0.429. The molecular formula is C14H18ClN5O2. The van der Waals surface area contributed by atoms with E-state index >= 15 is 0 Å². The van der Waals surface area contributed by atoms with Crippen molar-refractivity contribution in [2.45, 2.75) is 33.2 Å². The van der Waals surface area contributed by atoms with Gasteiger partial charge in [0.1, 0.15) is 0 Å². The highest BCUT2D eigenvalue weighted by molar-refractivity contribution is 6.30. The first-order valence-corrected chi connectivity index (χ1v) is 7.34. The number of hydrogen-bond acceptors (Lipinski definition) is 4. The molecule has 1 amide bonds. The highest BCUT2D eigenvalue weighted by Gasteiger charge is 2.09. The van der Waals surface area contributed by atoms with Gasteiger partial charge in [0.05, 0.1) is 17.8 Å². The van der Waals surface area contributed by atoms with Gasteiger partial charge < -0.3 is 10.3 Å². The van der Waals surface area contributed by atoms with Gasteiger partial charge in [-0.05, 0) is 25.8 Å². The van der Waals surface area contributed by atoms with Crippen molar-refractivity contribution in [1.29, 1.82) is 0 Å². The number of hydrogen-bond donors (Lipinski definition) is 2. The maximum Gasteiger partial charge on any atom is 0.345 e. The summed E-state index contributed by atoms with van der Waals surface area (Å²) in [7, 11) is 0. The number of amides is 1. The molecule has 0 aliphatic rings. The van der Waals surface area contributed by atoms with E-state index in [1.807, 2.05) is 6.92 Å². The summed E-state index contributed by atoms with van der Waals surface area (Å²) in [6, 6.07) is 0. The molecule has 2 heterocycles. The Bertz CT molecular complexity index is 696. The predicted octanol–water partition coefficient (Wildman–Crippen LogP) is 0.986. The van der Waals surface area contributed by atoms with Crippen LogP contribution in [0.5, 0.6) is 0 Å². The van der Waals surface area contributed by atoms with Crippen molar-refractivity contribution in [3.8, 4) is 0 Å². The molecule has 22 heavy (non-hydrogen) atoms. The standard InChI is InChI=1S/C14H18ClN5O2/c1-9-12(10(2)19-14(22)18-9)3-4-13(21)16-5-6-20-8-11(15)7-17-20/h7-8H,3-6H2,1-2H3,(H,16,21)(H,18,19,22). The Morgan fingerprint density at radius 2 is 2.23 bits per heavy atom. The number of carbonyl (C=O) groups is 1. The van der Waals surface area contributed by atoms with E-state index in [1.165, 1.54) is 0 Å². The van der Waals surface area contributed by atoms with Gasteiger partial charge in [0.25, 0.3) is 0 Å². The summed E-state index contributed by atoms with van der Waals surface area (Å²) in [5, 5.41) is 7.43. The van der Waals surface area contributed by atoms with Crippen molar-refractivity contribution >= 4 is 17.5 Å². The number of nitrogens with one attached hydrogen (secondary N) is 2. The Labute approximate surface area is 132 Å². The van der Waals surface area contributed by atoms with Gasteiger partial charge in [-0.3, -0.25) is 9.48 Å². The lowest BCUT2D eigenvalue weighted by Crippen LogP contribution is -2.28. The maximum absolute atomic E-state index is 11.8. The van der Waals surface area contributed by atoms with Crippen LogP contribution in [0.4, 0.5) is 0 Å². The lowest BCUT2D eigenvalue weighted by Gasteiger charge is -2.09. The number of aromatic nitrogens is 4. The number of carbonyl (C=O) groups excluding carboxylic acids is 1. The van der Waals surface area contributed by atoms with Crippen molar-refractivity contribution in [2.75, 3.05) is 6.54 Å². The van der Waals surface area contributed by atoms with Crippen molar-refractivity contribution in [1.82, 2.24) is 25.1 Å². The van der Waals surface area contributed by atoms with E-state index in [0.29, 0.717) is 36.6 Å². The minimum absolute atomic E-state index is 0.0525. The van der Waals surface area contributed by atoms with E-state index in [4.69, 9.17) is 11.6 Å². The molecule has 0 atom stereocenters. The Morgan fingerprint density at radius 1 is 1.45 bits per heavy atom. The second-order valence-electron chi connectivity index (χ2n) is 5.00. The average Bonchev–Trinajstić information content (AvgIpc) is 2.83. The summed E-state index contributed by atoms with van der Waals surface area (Å²) in [6.45, 7) is 4.64. The van der Waals surface area contributed by atoms with Crippen LogP contribution in [-0.4, -0.2) is 32.2 Å². The molecule has 0 unspecified atom stereocenters. The largest absolute Gasteiger partial charge is 0.354 e. The van der Waals surface area contributed by atoms with Crippen LogP contribution in [0.2, 0.25) is 5.02 Å². The van der Waals surface area contributed by atoms with Gasteiger partial charge in [-0.25, -0.2) is 4.79 Å². The Morgan fingerprint density at radius 3 is 2.86 bits per heavy atom. The molecule has 0 spiro atoms. The van der Waals surface area contributed by atoms with Gasteiger partial charge >= 0.3 is 5.69 Å². The first-order valence-electron chi connectivity index (χ1n) is 6.97. The van der Waals surface area contributed by atoms with E-state index in [2.05, 4.69) is 20.4 Å². The van der Waals surface area contributed by atoms with Crippen LogP contribution in [0.1, 0.15) is 23.4 Å². The molecule has 0 fully saturated rings. The van der Waals surface area contributed by atoms with Crippen LogP contribution in [0.3, 0.4) is 0 Å². The number of aromatic amines is 1. The monoisotopic (exact) mass is 323 g/mol. The van der Waals surface area contributed by atoms with E-state index in [9.17, 15) is 9.59 Å². The lowest BCUT2D eigenvalue weighted by atomic mass is 10.1. The van der Waals surface area contributed by atoms with Gasteiger partial charge in [0, 0.05) is 30.6 Å². The summed E-state index contributed by atoms with van der Waals surface area (Å²) in [5.41, 5.74) is 1.98. The molecule has 7 nitrogen and oxygen atoms in total. The molecule has 0 aromatic carbocycles. The zero-order valence-corrected chi connectivity index (χ0v) is 13.3. The van der Waals surface area contributed by atoms with Crippen LogP contribution in [0.15, 0.2) is 17.2 Å². The van der Waals surface area contributed by atoms with E-state index < -0.39 is 0 Å². The minimum Gasteiger partial charge on any atom is -0.354 e. The molecule has 0 bridgehead atoms. The maximum atomic E-state index is 11.8. The van der Waals surface area contributed by atoms with E-state index in [1.54, 1.807) is 24.0 Å². The molecule has 2 N–H and O–H groups in total. The predicted molar refractivity (Wildman–Crippen MR) is 82.9 cm³/mol. The lowest BCUT2D eigenvalue weighted by molar-refractivity contribution is -0.121. The van der Waals surface area contributed by atoms with Crippen LogP contribution in [0.25, 0.3) is 0 Å². The first kappa shape index (κ1) is 16.2. The summed E-state index contributed by atoms with van der Waals surface area (Å²) in [5.74, 6) is -0.0525. The normalized spacial score (nSPS) is 10.7.